The molecule has 4 aromatic rings. The zero-order chi connectivity index (χ0) is 25.2. The summed E-state index contributed by atoms with van der Waals surface area (Å²) in [6.45, 7) is 7.20. The van der Waals surface area contributed by atoms with Gasteiger partial charge in [-0.3, -0.25) is 9.89 Å². The molecule has 1 unspecified atom stereocenters. The van der Waals surface area contributed by atoms with Gasteiger partial charge in [0.25, 0.3) is 5.91 Å². The number of nitrogens with one attached hydrogen (secondary N) is 1. The molecule has 0 saturated heterocycles. The van der Waals surface area contributed by atoms with Gasteiger partial charge in [0.15, 0.2) is 11.5 Å². The molecular formula is C29H28FN3O3. The molecule has 3 aromatic carbocycles. The molecule has 0 bridgehead atoms. The van der Waals surface area contributed by atoms with Gasteiger partial charge >= 0.3 is 0 Å². The number of hydrogen-bond acceptors (Lipinski definition) is 4. The Labute approximate surface area is 209 Å². The van der Waals surface area contributed by atoms with Gasteiger partial charge in [-0.25, -0.2) is 4.39 Å². The monoisotopic (exact) mass is 485 g/mol. The number of carbonyl (C=O) groups is 1. The first kappa shape index (κ1) is 23.6. The number of aromatic amines is 1. The fraction of sp³-hybridized carbons (Fsp3) is 0.241. The number of amides is 1. The fourth-order valence-corrected chi connectivity index (χ4v) is 4.66. The Kier molecular flexibility index (Phi) is 6.46. The molecule has 0 spiro atoms. The normalized spacial score (nSPS) is 14.7. The minimum absolute atomic E-state index is 0.156. The standard InChI is InChI=1S/C29H28FN3O3/c1-4-35-23-15-12-21(16-24(23)36-5-2)28-25-26(20-10-6-18(3)7-11-20)31-32-27(25)29(34)33(28)17-19-8-13-22(30)14-9-19/h6-16,28H,4-5,17H2,1-3H3,(H,31,32). The van der Waals surface area contributed by atoms with E-state index in [-0.39, 0.29) is 11.7 Å². The summed E-state index contributed by atoms with van der Waals surface area (Å²) >= 11 is 0. The van der Waals surface area contributed by atoms with Crippen molar-refractivity contribution in [2.24, 2.45) is 0 Å². The molecule has 1 aliphatic heterocycles. The predicted octanol–water partition coefficient (Wildman–Crippen LogP) is 6.07. The predicted molar refractivity (Wildman–Crippen MR) is 136 cm³/mol. The number of fused-ring (bicyclic) bond motifs is 1. The lowest BCUT2D eigenvalue weighted by atomic mass is 9.95. The van der Waals surface area contributed by atoms with Crippen LogP contribution in [0.3, 0.4) is 0 Å². The molecule has 0 aliphatic carbocycles. The fourth-order valence-electron chi connectivity index (χ4n) is 4.66. The molecule has 36 heavy (non-hydrogen) atoms. The quantitative estimate of drug-likeness (QED) is 0.329. The van der Waals surface area contributed by atoms with Gasteiger partial charge in [-0.05, 0) is 56.2 Å². The zero-order valence-electron chi connectivity index (χ0n) is 20.5. The summed E-state index contributed by atoms with van der Waals surface area (Å²) < 4.78 is 25.2. The Morgan fingerprint density at radius 2 is 1.64 bits per heavy atom. The first-order valence-electron chi connectivity index (χ1n) is 12.1. The van der Waals surface area contributed by atoms with Crippen molar-refractivity contribution in [2.45, 2.75) is 33.4 Å². The van der Waals surface area contributed by atoms with Crippen molar-refractivity contribution >= 4 is 5.91 Å². The molecule has 184 valence electrons. The number of carbonyl (C=O) groups excluding carboxylic acids is 1. The van der Waals surface area contributed by atoms with E-state index in [0.29, 0.717) is 37.0 Å². The summed E-state index contributed by atoms with van der Waals surface area (Å²) in [5.74, 6) is 0.813. The van der Waals surface area contributed by atoms with E-state index in [1.807, 2.05) is 63.2 Å². The highest BCUT2D eigenvalue weighted by atomic mass is 19.1. The number of H-pyrrole nitrogens is 1. The Hall–Kier alpha value is -4.13. The molecular weight excluding hydrogens is 457 g/mol. The summed E-state index contributed by atoms with van der Waals surface area (Å²) in [4.78, 5) is 15.4. The number of rotatable bonds is 8. The van der Waals surface area contributed by atoms with E-state index in [4.69, 9.17) is 9.47 Å². The van der Waals surface area contributed by atoms with Gasteiger partial charge in [0.1, 0.15) is 11.5 Å². The van der Waals surface area contributed by atoms with Gasteiger partial charge in [-0.15, -0.1) is 0 Å². The van der Waals surface area contributed by atoms with Crippen LogP contribution in [0, 0.1) is 12.7 Å². The number of aryl methyl sites for hydroxylation is 1. The number of nitrogens with zero attached hydrogens (tertiary/aromatic N) is 2. The third kappa shape index (κ3) is 4.33. The van der Waals surface area contributed by atoms with Crippen LogP contribution < -0.4 is 9.47 Å². The summed E-state index contributed by atoms with van der Waals surface area (Å²) in [6.07, 6.45) is 0. The maximum Gasteiger partial charge on any atom is 0.273 e. The third-order valence-corrected chi connectivity index (χ3v) is 6.34. The summed E-state index contributed by atoms with van der Waals surface area (Å²) in [5, 5.41) is 7.53. The third-order valence-electron chi connectivity index (χ3n) is 6.34. The van der Waals surface area contributed by atoms with Crippen molar-refractivity contribution in [1.29, 1.82) is 0 Å². The van der Waals surface area contributed by atoms with Crippen LogP contribution in [0.15, 0.2) is 66.7 Å². The molecule has 1 N–H and O–H groups in total. The van der Waals surface area contributed by atoms with Gasteiger partial charge in [0.2, 0.25) is 0 Å². The van der Waals surface area contributed by atoms with Crippen LogP contribution in [0.25, 0.3) is 11.3 Å². The van der Waals surface area contributed by atoms with Gasteiger partial charge in [-0.1, -0.05) is 48.0 Å². The number of halogens is 1. The van der Waals surface area contributed by atoms with Crippen LogP contribution in [0.2, 0.25) is 0 Å². The largest absolute Gasteiger partial charge is 0.490 e. The molecule has 6 nitrogen and oxygen atoms in total. The lowest BCUT2D eigenvalue weighted by Gasteiger charge is -2.27. The molecule has 0 radical (unpaired) electrons. The zero-order valence-corrected chi connectivity index (χ0v) is 20.5. The second kappa shape index (κ2) is 9.85. The van der Waals surface area contributed by atoms with Gasteiger partial charge in [0.05, 0.1) is 24.9 Å². The number of aromatic nitrogens is 2. The lowest BCUT2D eigenvalue weighted by Crippen LogP contribution is -2.29. The first-order chi connectivity index (χ1) is 17.5. The van der Waals surface area contributed by atoms with Crippen molar-refractivity contribution in [1.82, 2.24) is 15.1 Å². The van der Waals surface area contributed by atoms with Crippen LogP contribution >= 0.6 is 0 Å². The van der Waals surface area contributed by atoms with E-state index in [2.05, 4.69) is 10.2 Å². The average Bonchev–Trinajstić information content (AvgIpc) is 3.42. The van der Waals surface area contributed by atoms with Crippen molar-refractivity contribution < 1.29 is 18.7 Å². The molecule has 1 amide bonds. The van der Waals surface area contributed by atoms with Crippen molar-refractivity contribution in [3.8, 4) is 22.8 Å². The Morgan fingerprint density at radius 3 is 2.33 bits per heavy atom. The Balaban J connectivity index is 1.64. The minimum Gasteiger partial charge on any atom is -0.490 e. The highest BCUT2D eigenvalue weighted by Crippen LogP contribution is 2.45. The molecule has 1 aliphatic rings. The van der Waals surface area contributed by atoms with Crippen molar-refractivity contribution in [3.05, 3.63) is 100 Å². The number of ether oxygens (including phenoxy) is 2. The number of benzene rings is 3. The first-order valence-corrected chi connectivity index (χ1v) is 12.1. The van der Waals surface area contributed by atoms with E-state index in [1.54, 1.807) is 17.0 Å². The van der Waals surface area contributed by atoms with Crippen LogP contribution in [0.1, 0.15) is 52.6 Å². The van der Waals surface area contributed by atoms with E-state index in [1.165, 1.54) is 12.1 Å². The topological polar surface area (TPSA) is 67.5 Å². The van der Waals surface area contributed by atoms with Crippen LogP contribution in [0.5, 0.6) is 11.5 Å². The second-order valence-corrected chi connectivity index (χ2v) is 8.76. The molecule has 0 saturated carbocycles. The molecule has 1 aromatic heterocycles. The molecule has 7 heteroatoms. The average molecular weight is 486 g/mol. The maximum absolute atomic E-state index is 13.7. The van der Waals surface area contributed by atoms with Crippen LogP contribution in [-0.2, 0) is 6.54 Å². The van der Waals surface area contributed by atoms with Gasteiger partial charge < -0.3 is 14.4 Å². The van der Waals surface area contributed by atoms with Gasteiger partial charge in [0, 0.05) is 17.7 Å². The highest BCUT2D eigenvalue weighted by molar-refractivity contribution is 6.00. The van der Waals surface area contributed by atoms with E-state index < -0.39 is 6.04 Å². The number of hydrogen-bond donors (Lipinski definition) is 1. The highest BCUT2D eigenvalue weighted by Gasteiger charge is 2.42. The van der Waals surface area contributed by atoms with Crippen LogP contribution in [0.4, 0.5) is 4.39 Å². The van der Waals surface area contributed by atoms with Crippen molar-refractivity contribution in [2.75, 3.05) is 13.2 Å². The van der Waals surface area contributed by atoms with E-state index in [9.17, 15) is 9.18 Å². The Morgan fingerprint density at radius 1 is 0.944 bits per heavy atom. The molecule has 5 rings (SSSR count). The Bertz CT molecular complexity index is 1380. The van der Waals surface area contributed by atoms with Gasteiger partial charge in [-0.2, -0.15) is 5.10 Å². The smallest absolute Gasteiger partial charge is 0.273 e. The molecule has 1 atom stereocenters. The SMILES string of the molecule is CCOc1ccc(C2c3c(-c4ccc(C)cc4)n[nH]c3C(=O)N2Cc2ccc(F)cc2)cc1OCC. The lowest BCUT2D eigenvalue weighted by molar-refractivity contribution is 0.0729. The minimum atomic E-state index is -0.414. The summed E-state index contributed by atoms with van der Waals surface area (Å²) in [7, 11) is 0. The van der Waals surface area contributed by atoms with Crippen LogP contribution in [-0.4, -0.2) is 34.2 Å². The summed E-state index contributed by atoms with van der Waals surface area (Å²) in [6, 6.07) is 19.7. The maximum atomic E-state index is 13.7. The molecule has 2 heterocycles. The van der Waals surface area contributed by atoms with E-state index in [0.717, 1.165) is 33.5 Å². The summed E-state index contributed by atoms with van der Waals surface area (Å²) in [5.41, 5.74) is 5.80. The molecule has 0 fully saturated rings. The van der Waals surface area contributed by atoms with Crippen molar-refractivity contribution in [3.63, 3.8) is 0 Å². The van der Waals surface area contributed by atoms with E-state index >= 15 is 0 Å². The second-order valence-electron chi connectivity index (χ2n) is 8.76.